The van der Waals surface area contributed by atoms with Gasteiger partial charge in [-0.3, -0.25) is 4.79 Å². The van der Waals surface area contributed by atoms with E-state index in [-0.39, 0.29) is 11.7 Å². The fourth-order valence-electron chi connectivity index (χ4n) is 2.06. The molecule has 2 aromatic carbocycles. The van der Waals surface area contributed by atoms with Crippen LogP contribution in [0.25, 0.3) is 5.69 Å². The van der Waals surface area contributed by atoms with Crippen molar-refractivity contribution in [2.24, 2.45) is 0 Å². The molecule has 0 aliphatic heterocycles. The van der Waals surface area contributed by atoms with Crippen molar-refractivity contribution in [3.05, 3.63) is 59.1 Å². The number of tetrazole rings is 1. The van der Waals surface area contributed by atoms with Crippen molar-refractivity contribution < 1.29 is 4.79 Å². The standard InChI is InChI=1S/C16H14ClN5OS/c1-11-13(17)8-5-9-14(11)18-15(23)10-24-16-19-20-21-22(16)12-6-3-2-4-7-12/h2-9H,10H2,1H3,(H,18,23). The summed E-state index contributed by atoms with van der Waals surface area (Å²) in [6.07, 6.45) is 0. The number of thioether (sulfide) groups is 1. The minimum absolute atomic E-state index is 0.145. The number of rotatable bonds is 5. The molecular weight excluding hydrogens is 346 g/mol. The van der Waals surface area contributed by atoms with Gasteiger partial charge in [-0.15, -0.1) is 5.10 Å². The quantitative estimate of drug-likeness (QED) is 0.707. The molecule has 8 heteroatoms. The first-order valence-electron chi connectivity index (χ1n) is 7.16. The van der Waals surface area contributed by atoms with Gasteiger partial charge >= 0.3 is 0 Å². The second-order valence-corrected chi connectivity index (χ2v) is 6.31. The second-order valence-electron chi connectivity index (χ2n) is 4.96. The summed E-state index contributed by atoms with van der Waals surface area (Å²) in [5.74, 6) is 0.0482. The zero-order valence-corrected chi connectivity index (χ0v) is 14.4. The van der Waals surface area contributed by atoms with Crippen molar-refractivity contribution in [1.29, 1.82) is 0 Å². The zero-order chi connectivity index (χ0) is 16.9. The average Bonchev–Trinajstić information content (AvgIpc) is 3.06. The zero-order valence-electron chi connectivity index (χ0n) is 12.8. The average molecular weight is 360 g/mol. The lowest BCUT2D eigenvalue weighted by Crippen LogP contribution is -2.15. The van der Waals surface area contributed by atoms with Crippen LogP contribution in [0, 0.1) is 6.92 Å². The first-order valence-corrected chi connectivity index (χ1v) is 8.53. The molecule has 0 aliphatic rings. The number of carbonyl (C=O) groups is 1. The summed E-state index contributed by atoms with van der Waals surface area (Å²) in [6, 6.07) is 14.9. The third kappa shape index (κ3) is 3.74. The van der Waals surface area contributed by atoms with Gasteiger partial charge in [0.25, 0.3) is 0 Å². The summed E-state index contributed by atoms with van der Waals surface area (Å²) in [5, 5.41) is 15.6. The number of hydrogen-bond donors (Lipinski definition) is 1. The number of anilines is 1. The number of carbonyl (C=O) groups excluding carboxylic acids is 1. The predicted molar refractivity (Wildman–Crippen MR) is 94.7 cm³/mol. The smallest absolute Gasteiger partial charge is 0.234 e. The minimum Gasteiger partial charge on any atom is -0.325 e. The minimum atomic E-state index is -0.145. The number of nitrogens with zero attached hydrogens (tertiary/aromatic N) is 4. The molecule has 3 aromatic rings. The summed E-state index contributed by atoms with van der Waals surface area (Å²) >= 11 is 7.33. The molecule has 24 heavy (non-hydrogen) atoms. The van der Waals surface area contributed by atoms with Gasteiger partial charge in [-0.25, -0.2) is 0 Å². The summed E-state index contributed by atoms with van der Waals surface area (Å²) in [4.78, 5) is 12.2. The van der Waals surface area contributed by atoms with Gasteiger partial charge in [-0.1, -0.05) is 47.6 Å². The number of para-hydroxylation sites is 1. The van der Waals surface area contributed by atoms with Crippen LogP contribution in [0.2, 0.25) is 5.02 Å². The van der Waals surface area contributed by atoms with Crippen LogP contribution in [-0.2, 0) is 4.79 Å². The van der Waals surface area contributed by atoms with Crippen LogP contribution in [0.5, 0.6) is 0 Å². The van der Waals surface area contributed by atoms with Crippen molar-refractivity contribution >= 4 is 35.0 Å². The molecule has 0 aliphatic carbocycles. The number of benzene rings is 2. The molecule has 0 spiro atoms. The molecule has 0 fully saturated rings. The van der Waals surface area contributed by atoms with Gasteiger partial charge in [0, 0.05) is 10.7 Å². The molecular formula is C16H14ClN5OS. The number of hydrogen-bond acceptors (Lipinski definition) is 5. The molecule has 0 unspecified atom stereocenters. The van der Waals surface area contributed by atoms with Crippen LogP contribution >= 0.6 is 23.4 Å². The Balaban J connectivity index is 1.65. The maximum absolute atomic E-state index is 12.2. The highest BCUT2D eigenvalue weighted by Crippen LogP contribution is 2.24. The monoisotopic (exact) mass is 359 g/mol. The lowest BCUT2D eigenvalue weighted by atomic mass is 10.2. The third-order valence-electron chi connectivity index (χ3n) is 3.32. The highest BCUT2D eigenvalue weighted by atomic mass is 35.5. The lowest BCUT2D eigenvalue weighted by molar-refractivity contribution is -0.113. The van der Waals surface area contributed by atoms with Gasteiger partial charge in [0.1, 0.15) is 0 Å². The van der Waals surface area contributed by atoms with E-state index in [0.29, 0.717) is 15.9 Å². The fourth-order valence-corrected chi connectivity index (χ4v) is 2.92. The van der Waals surface area contributed by atoms with Gasteiger partial charge in [-0.2, -0.15) is 4.68 Å². The Morgan fingerprint density at radius 1 is 1.21 bits per heavy atom. The van der Waals surface area contributed by atoms with Crippen molar-refractivity contribution in [1.82, 2.24) is 20.2 Å². The first-order chi connectivity index (χ1) is 11.6. The third-order valence-corrected chi connectivity index (χ3v) is 4.64. The first kappa shape index (κ1) is 16.5. The highest BCUT2D eigenvalue weighted by molar-refractivity contribution is 7.99. The molecule has 122 valence electrons. The fraction of sp³-hybridized carbons (Fsp3) is 0.125. The van der Waals surface area contributed by atoms with Crippen LogP contribution in [0.4, 0.5) is 5.69 Å². The van der Waals surface area contributed by atoms with E-state index in [4.69, 9.17) is 11.6 Å². The van der Waals surface area contributed by atoms with E-state index < -0.39 is 0 Å². The van der Waals surface area contributed by atoms with Crippen LogP contribution < -0.4 is 5.32 Å². The van der Waals surface area contributed by atoms with Gasteiger partial charge < -0.3 is 5.32 Å². The molecule has 3 rings (SSSR count). The van der Waals surface area contributed by atoms with Crippen molar-refractivity contribution in [2.75, 3.05) is 11.1 Å². The van der Waals surface area contributed by atoms with E-state index in [1.165, 1.54) is 11.8 Å². The molecule has 0 saturated carbocycles. The van der Waals surface area contributed by atoms with Crippen molar-refractivity contribution in [2.45, 2.75) is 12.1 Å². The topological polar surface area (TPSA) is 72.7 Å². The maximum Gasteiger partial charge on any atom is 0.234 e. The van der Waals surface area contributed by atoms with Crippen LogP contribution in [0.15, 0.2) is 53.7 Å². The summed E-state index contributed by atoms with van der Waals surface area (Å²) < 4.78 is 1.60. The van der Waals surface area contributed by atoms with Crippen molar-refractivity contribution in [3.63, 3.8) is 0 Å². The molecule has 6 nitrogen and oxygen atoms in total. The Morgan fingerprint density at radius 2 is 2.00 bits per heavy atom. The van der Waals surface area contributed by atoms with Crippen LogP contribution in [-0.4, -0.2) is 31.9 Å². The Hall–Kier alpha value is -2.38. The van der Waals surface area contributed by atoms with E-state index in [0.717, 1.165) is 11.3 Å². The van der Waals surface area contributed by atoms with E-state index in [1.807, 2.05) is 43.3 Å². The molecule has 0 saturated heterocycles. The van der Waals surface area contributed by atoms with Gasteiger partial charge in [0.2, 0.25) is 11.1 Å². The number of aromatic nitrogens is 4. The molecule has 1 heterocycles. The second kappa shape index (κ2) is 7.46. The molecule has 1 N–H and O–H groups in total. The highest BCUT2D eigenvalue weighted by Gasteiger charge is 2.12. The number of halogens is 1. The van der Waals surface area contributed by atoms with Gasteiger partial charge in [-0.05, 0) is 47.2 Å². The van der Waals surface area contributed by atoms with Crippen LogP contribution in [0.1, 0.15) is 5.56 Å². The Bertz CT molecular complexity index is 853. The Labute approximate surface area is 148 Å². The summed E-state index contributed by atoms with van der Waals surface area (Å²) in [7, 11) is 0. The number of nitrogens with one attached hydrogen (secondary N) is 1. The molecule has 0 radical (unpaired) electrons. The molecule has 0 bridgehead atoms. The largest absolute Gasteiger partial charge is 0.325 e. The van der Waals surface area contributed by atoms with E-state index in [2.05, 4.69) is 20.8 Å². The van der Waals surface area contributed by atoms with Gasteiger partial charge in [0.15, 0.2) is 0 Å². The predicted octanol–water partition coefficient (Wildman–Crippen LogP) is 3.35. The van der Waals surface area contributed by atoms with Gasteiger partial charge in [0.05, 0.1) is 11.4 Å². The SMILES string of the molecule is Cc1c(Cl)cccc1NC(=O)CSc1nnnn1-c1ccccc1. The summed E-state index contributed by atoms with van der Waals surface area (Å²) in [5.41, 5.74) is 2.39. The molecule has 1 aromatic heterocycles. The molecule has 1 amide bonds. The van der Waals surface area contributed by atoms with Crippen LogP contribution in [0.3, 0.4) is 0 Å². The Morgan fingerprint density at radius 3 is 2.79 bits per heavy atom. The molecule has 0 atom stereocenters. The maximum atomic E-state index is 12.2. The normalized spacial score (nSPS) is 10.6. The number of amides is 1. The summed E-state index contributed by atoms with van der Waals surface area (Å²) in [6.45, 7) is 1.86. The van der Waals surface area contributed by atoms with E-state index >= 15 is 0 Å². The van der Waals surface area contributed by atoms with E-state index in [1.54, 1.807) is 16.8 Å². The van der Waals surface area contributed by atoms with E-state index in [9.17, 15) is 4.79 Å². The lowest BCUT2D eigenvalue weighted by Gasteiger charge is -2.09. The Kier molecular flexibility index (Phi) is 5.12. The van der Waals surface area contributed by atoms with Crippen molar-refractivity contribution in [3.8, 4) is 5.69 Å².